The molecule has 0 amide bonds. The van der Waals surface area contributed by atoms with Gasteiger partial charge in [-0.05, 0) is 64.3 Å². The molecule has 1 aromatic heterocycles. The van der Waals surface area contributed by atoms with Crippen LogP contribution in [0.2, 0.25) is 0 Å². The molecule has 0 aliphatic rings. The van der Waals surface area contributed by atoms with Gasteiger partial charge in [0, 0.05) is 48.2 Å². The van der Waals surface area contributed by atoms with E-state index in [-0.39, 0.29) is 0 Å². The van der Waals surface area contributed by atoms with Crippen LogP contribution < -0.4 is 15.2 Å². The summed E-state index contributed by atoms with van der Waals surface area (Å²) in [5.74, 6) is 0. The zero-order valence-electron chi connectivity index (χ0n) is 21.0. The van der Waals surface area contributed by atoms with Crippen LogP contribution in [0.3, 0.4) is 0 Å². The van der Waals surface area contributed by atoms with E-state index < -0.39 is 10.4 Å². The number of hydrogen-bond acceptors (Lipinski definition) is 6. The zero-order valence-corrected chi connectivity index (χ0v) is 21.8. The Balaban J connectivity index is 0.000000623. The number of nitrogens with two attached hydrogens (primary N) is 1. The molecule has 4 aromatic rings. The van der Waals surface area contributed by atoms with Crippen molar-refractivity contribution in [2.45, 2.75) is 41.5 Å². The summed E-state index contributed by atoms with van der Waals surface area (Å²) in [5.41, 5.74) is 18.6. The van der Waals surface area contributed by atoms with E-state index in [0.29, 0.717) is 0 Å². The normalized spacial score (nSPS) is 11.4. The first-order valence-electron chi connectivity index (χ1n) is 11.4. The minimum Gasteiger partial charge on any atom is -0.726 e. The Bertz CT molecular complexity index is 1490. The molecule has 3 aromatic carbocycles. The molecular weight excluding hydrogens is 464 g/mol. The van der Waals surface area contributed by atoms with E-state index in [1.54, 1.807) is 0 Å². The van der Waals surface area contributed by atoms with E-state index in [0.717, 1.165) is 57.7 Å². The minimum atomic E-state index is -4.92. The fraction of sp³-hybridized carbons (Fsp3) is 0.308. The second kappa shape index (κ2) is 10.2. The Kier molecular flexibility index (Phi) is 7.64. The SMILES string of the molecule is CCN(CC)c1cc(C)c2nc3c(C)c(C)c(N)cc3[n+](-c3ccccc3)c2c1C.O=S(=O)([O-])O. The predicted octanol–water partition coefficient (Wildman–Crippen LogP) is 4.33. The first-order chi connectivity index (χ1) is 16.4. The van der Waals surface area contributed by atoms with E-state index in [9.17, 15) is 0 Å². The third-order valence-corrected chi connectivity index (χ3v) is 6.38. The van der Waals surface area contributed by atoms with Crippen LogP contribution in [0.5, 0.6) is 0 Å². The maximum atomic E-state index is 8.63. The highest BCUT2D eigenvalue weighted by Crippen LogP contribution is 2.33. The summed E-state index contributed by atoms with van der Waals surface area (Å²) >= 11 is 0. The van der Waals surface area contributed by atoms with Gasteiger partial charge in [0.15, 0.2) is 0 Å². The molecule has 0 aliphatic heterocycles. The van der Waals surface area contributed by atoms with Crippen molar-refractivity contribution in [1.29, 1.82) is 0 Å². The Labute approximate surface area is 206 Å². The van der Waals surface area contributed by atoms with Gasteiger partial charge in [-0.15, -0.1) is 4.57 Å². The van der Waals surface area contributed by atoms with Gasteiger partial charge in [0.2, 0.25) is 27.1 Å². The van der Waals surface area contributed by atoms with Crippen LogP contribution in [-0.2, 0) is 10.4 Å². The number of nitrogens with zero attached hydrogens (tertiary/aromatic N) is 3. The molecule has 9 heteroatoms. The van der Waals surface area contributed by atoms with Crippen molar-refractivity contribution >= 4 is 43.8 Å². The zero-order chi connectivity index (χ0) is 26.1. The minimum absolute atomic E-state index is 0.806. The first-order valence-corrected chi connectivity index (χ1v) is 12.8. The lowest BCUT2D eigenvalue weighted by molar-refractivity contribution is -0.538. The largest absolute Gasteiger partial charge is 0.726 e. The molecule has 0 aliphatic carbocycles. The molecule has 1 heterocycles. The highest BCUT2D eigenvalue weighted by Gasteiger charge is 2.27. The summed E-state index contributed by atoms with van der Waals surface area (Å²) in [6.07, 6.45) is 0. The van der Waals surface area contributed by atoms with Gasteiger partial charge in [0.25, 0.3) is 0 Å². The summed E-state index contributed by atoms with van der Waals surface area (Å²) in [7, 11) is -4.92. The summed E-state index contributed by atoms with van der Waals surface area (Å²) in [6, 6.07) is 14.9. The number of aryl methyl sites for hydroxylation is 3. The number of hydrogen-bond donors (Lipinski definition) is 2. The van der Waals surface area contributed by atoms with Gasteiger partial charge >= 0.3 is 0 Å². The molecule has 35 heavy (non-hydrogen) atoms. The maximum absolute atomic E-state index is 8.63. The highest BCUT2D eigenvalue weighted by molar-refractivity contribution is 7.79. The molecule has 0 saturated carbocycles. The molecule has 0 unspecified atom stereocenters. The van der Waals surface area contributed by atoms with Crippen molar-refractivity contribution in [3.63, 3.8) is 0 Å². The smallest absolute Gasteiger partial charge is 0.242 e. The molecule has 0 atom stereocenters. The van der Waals surface area contributed by atoms with Gasteiger partial charge in [-0.2, -0.15) is 0 Å². The summed E-state index contributed by atoms with van der Waals surface area (Å²) in [6.45, 7) is 14.9. The van der Waals surface area contributed by atoms with Crippen molar-refractivity contribution < 1.29 is 22.1 Å². The number of para-hydroxylation sites is 1. The van der Waals surface area contributed by atoms with Gasteiger partial charge in [-0.25, -0.2) is 13.4 Å². The number of fused-ring (bicyclic) bond motifs is 2. The molecule has 0 spiro atoms. The van der Waals surface area contributed by atoms with Crippen molar-refractivity contribution in [3.05, 3.63) is 64.7 Å². The topological polar surface area (TPSA) is 123 Å². The van der Waals surface area contributed by atoms with E-state index in [4.69, 9.17) is 28.2 Å². The van der Waals surface area contributed by atoms with Crippen LogP contribution in [-0.4, -0.2) is 35.6 Å². The van der Waals surface area contributed by atoms with Crippen molar-refractivity contribution in [3.8, 4) is 5.69 Å². The quantitative estimate of drug-likeness (QED) is 0.142. The highest BCUT2D eigenvalue weighted by atomic mass is 32.3. The average Bonchev–Trinajstić information content (AvgIpc) is 2.80. The molecular formula is C26H32N4O4S. The second-order valence-corrected chi connectivity index (χ2v) is 9.36. The van der Waals surface area contributed by atoms with Crippen LogP contribution in [0.4, 0.5) is 11.4 Å². The van der Waals surface area contributed by atoms with Crippen LogP contribution in [0.1, 0.15) is 36.1 Å². The molecule has 3 N–H and O–H groups in total. The molecule has 0 radical (unpaired) electrons. The molecule has 0 saturated heterocycles. The first kappa shape index (κ1) is 26.3. The van der Waals surface area contributed by atoms with E-state index in [2.05, 4.69) is 93.5 Å². The second-order valence-electron chi connectivity index (χ2n) is 8.50. The van der Waals surface area contributed by atoms with Crippen LogP contribution in [0.15, 0.2) is 42.5 Å². The number of aromatic nitrogens is 2. The van der Waals surface area contributed by atoms with Crippen molar-refractivity contribution in [2.24, 2.45) is 0 Å². The summed E-state index contributed by atoms with van der Waals surface area (Å²) in [4.78, 5) is 7.60. The van der Waals surface area contributed by atoms with Crippen LogP contribution in [0.25, 0.3) is 27.8 Å². The molecule has 8 nitrogen and oxygen atoms in total. The fourth-order valence-electron chi connectivity index (χ4n) is 4.47. The Hall–Kier alpha value is -3.27. The average molecular weight is 497 g/mol. The molecule has 0 fully saturated rings. The molecule has 186 valence electrons. The van der Waals surface area contributed by atoms with Gasteiger partial charge in [-0.3, -0.25) is 4.55 Å². The lowest BCUT2D eigenvalue weighted by Crippen LogP contribution is -2.35. The van der Waals surface area contributed by atoms with Crippen LogP contribution in [0, 0.1) is 27.7 Å². The van der Waals surface area contributed by atoms with Gasteiger partial charge < -0.3 is 15.2 Å². The monoisotopic (exact) mass is 496 g/mol. The van der Waals surface area contributed by atoms with Crippen molar-refractivity contribution in [2.75, 3.05) is 23.7 Å². The lowest BCUT2D eigenvalue weighted by Gasteiger charge is -2.24. The predicted molar refractivity (Wildman–Crippen MR) is 140 cm³/mol. The van der Waals surface area contributed by atoms with Gasteiger partial charge in [0.05, 0.1) is 0 Å². The van der Waals surface area contributed by atoms with Crippen LogP contribution >= 0.6 is 0 Å². The standard InChI is InChI=1S/C26H30N4.H2O4S/c1-7-29(8-2)22-14-16(3)24-26(19(22)6)30(20-12-10-9-11-13-20)23-15-21(27)17(4)18(5)25(23)28-24;1-5(2,3)4/h9-15,27H,7-8H2,1-6H3;(H2,1,2,3,4). The fourth-order valence-corrected chi connectivity index (χ4v) is 4.47. The third-order valence-electron chi connectivity index (χ3n) is 6.38. The van der Waals surface area contributed by atoms with E-state index >= 15 is 0 Å². The number of anilines is 2. The Morgan fingerprint density at radius 1 is 0.971 bits per heavy atom. The van der Waals surface area contributed by atoms with Gasteiger partial charge in [-0.1, -0.05) is 18.2 Å². The Morgan fingerprint density at radius 2 is 1.54 bits per heavy atom. The number of benzene rings is 3. The Morgan fingerprint density at radius 3 is 2.09 bits per heavy atom. The molecule has 0 bridgehead atoms. The lowest BCUT2D eigenvalue weighted by atomic mass is 10.0. The number of rotatable bonds is 4. The number of nitrogen functional groups attached to an aromatic ring is 1. The summed E-state index contributed by atoms with van der Waals surface area (Å²) < 4.78 is 35.2. The maximum Gasteiger partial charge on any atom is 0.242 e. The third kappa shape index (κ3) is 5.37. The van der Waals surface area contributed by atoms with E-state index in [1.165, 1.54) is 16.8 Å². The van der Waals surface area contributed by atoms with Crippen molar-refractivity contribution in [1.82, 2.24) is 4.98 Å². The summed E-state index contributed by atoms with van der Waals surface area (Å²) in [5, 5.41) is 0. The van der Waals surface area contributed by atoms with E-state index in [1.807, 2.05) is 0 Å². The molecule has 4 rings (SSSR count). The van der Waals surface area contributed by atoms with Gasteiger partial charge in [0.1, 0.15) is 11.0 Å².